The first-order chi connectivity index (χ1) is 15.4. The lowest BCUT2D eigenvalue weighted by molar-refractivity contribution is -0.137. The second-order valence-electron chi connectivity index (χ2n) is 7.94. The minimum atomic E-state index is -3.92. The van der Waals surface area contributed by atoms with E-state index >= 15 is 0 Å². The Balaban J connectivity index is 1.39. The number of nitrogens with zero attached hydrogens (tertiary/aromatic N) is 2. The lowest BCUT2D eigenvalue weighted by atomic mass is 9.96. The van der Waals surface area contributed by atoms with Crippen LogP contribution in [-0.4, -0.2) is 56.4 Å². The molecule has 7 nitrogen and oxygen atoms in total. The molecule has 2 aromatic carbocycles. The third kappa shape index (κ3) is 4.59. The first kappa shape index (κ1) is 22.5. The molecule has 2 aliphatic heterocycles. The van der Waals surface area contributed by atoms with Gasteiger partial charge in [0.25, 0.3) is 0 Å². The maximum atomic E-state index is 14.0. The molecule has 2 aliphatic rings. The van der Waals surface area contributed by atoms with Crippen LogP contribution in [0.3, 0.4) is 0 Å². The summed E-state index contributed by atoms with van der Waals surface area (Å²) in [5.41, 5.74) is 0.948. The average molecular weight is 463 g/mol. The predicted molar refractivity (Wildman–Crippen MR) is 116 cm³/mol. The van der Waals surface area contributed by atoms with Gasteiger partial charge in [-0.25, -0.2) is 12.8 Å². The third-order valence-electron chi connectivity index (χ3n) is 5.93. The molecule has 32 heavy (non-hydrogen) atoms. The van der Waals surface area contributed by atoms with Crippen LogP contribution in [0.4, 0.5) is 4.39 Å². The lowest BCUT2D eigenvalue weighted by Crippen LogP contribution is -2.44. The van der Waals surface area contributed by atoms with Crippen molar-refractivity contribution in [3.8, 4) is 11.5 Å². The fourth-order valence-corrected chi connectivity index (χ4v) is 5.68. The summed E-state index contributed by atoms with van der Waals surface area (Å²) in [6, 6.07) is 11.0. The number of halogens is 1. The van der Waals surface area contributed by atoms with Gasteiger partial charge in [0.1, 0.15) is 23.9 Å². The van der Waals surface area contributed by atoms with Gasteiger partial charge in [0.2, 0.25) is 15.9 Å². The Morgan fingerprint density at radius 1 is 1.09 bits per heavy atom. The number of sulfonamides is 1. The minimum absolute atomic E-state index is 0.00493. The van der Waals surface area contributed by atoms with Gasteiger partial charge < -0.3 is 14.4 Å². The summed E-state index contributed by atoms with van der Waals surface area (Å²) in [5.74, 6) is 0.369. The van der Waals surface area contributed by atoms with Crippen molar-refractivity contribution in [2.75, 3.05) is 32.8 Å². The average Bonchev–Trinajstić information content (AvgIpc) is 2.82. The minimum Gasteiger partial charge on any atom is -0.486 e. The molecule has 0 aliphatic carbocycles. The second kappa shape index (κ2) is 9.46. The Bertz CT molecular complexity index is 1080. The Morgan fingerprint density at radius 2 is 1.78 bits per heavy atom. The largest absolute Gasteiger partial charge is 0.486 e. The number of amides is 1. The highest BCUT2D eigenvalue weighted by Crippen LogP contribution is 2.32. The molecule has 0 radical (unpaired) electrons. The van der Waals surface area contributed by atoms with Crippen LogP contribution in [-0.2, 0) is 21.4 Å². The van der Waals surface area contributed by atoms with E-state index in [1.165, 1.54) is 22.5 Å². The van der Waals surface area contributed by atoms with Crippen LogP contribution >= 0.6 is 0 Å². The number of benzene rings is 2. The summed E-state index contributed by atoms with van der Waals surface area (Å²) in [6.07, 6.45) is 0.814. The maximum Gasteiger partial charge on any atom is 0.245 e. The number of rotatable bonds is 6. The molecule has 0 spiro atoms. The van der Waals surface area contributed by atoms with Gasteiger partial charge >= 0.3 is 0 Å². The number of carbonyl (C=O) groups excluding carboxylic acids is 1. The van der Waals surface area contributed by atoms with Crippen LogP contribution in [0.2, 0.25) is 0 Å². The molecular weight excluding hydrogens is 435 g/mol. The van der Waals surface area contributed by atoms with E-state index in [4.69, 9.17) is 9.47 Å². The van der Waals surface area contributed by atoms with Crippen molar-refractivity contribution >= 4 is 15.9 Å². The second-order valence-corrected chi connectivity index (χ2v) is 9.85. The molecule has 0 unspecified atom stereocenters. The number of hydrogen-bond acceptors (Lipinski definition) is 5. The van der Waals surface area contributed by atoms with Crippen LogP contribution < -0.4 is 9.47 Å². The molecule has 2 aromatic rings. The van der Waals surface area contributed by atoms with Gasteiger partial charge in [-0.1, -0.05) is 18.2 Å². The lowest BCUT2D eigenvalue weighted by Gasteiger charge is -2.33. The topological polar surface area (TPSA) is 76.2 Å². The summed E-state index contributed by atoms with van der Waals surface area (Å²) in [6.45, 7) is 4.32. The van der Waals surface area contributed by atoms with E-state index in [-0.39, 0.29) is 29.8 Å². The van der Waals surface area contributed by atoms with Crippen LogP contribution in [0.25, 0.3) is 0 Å². The Morgan fingerprint density at radius 3 is 2.47 bits per heavy atom. The summed E-state index contributed by atoms with van der Waals surface area (Å²) in [4.78, 5) is 14.6. The van der Waals surface area contributed by atoms with Crippen LogP contribution in [0.1, 0.15) is 25.3 Å². The summed E-state index contributed by atoms with van der Waals surface area (Å²) < 4.78 is 52.1. The zero-order chi connectivity index (χ0) is 22.7. The Labute approximate surface area is 187 Å². The fourth-order valence-electron chi connectivity index (χ4n) is 4.15. The van der Waals surface area contributed by atoms with Crippen LogP contribution in [0.5, 0.6) is 11.5 Å². The summed E-state index contributed by atoms with van der Waals surface area (Å²) in [7, 11) is -3.92. The van der Waals surface area contributed by atoms with Crippen molar-refractivity contribution in [2.24, 2.45) is 5.92 Å². The SMILES string of the molecule is CCN(Cc1ccc2c(c1)OCCO2)C(=O)C1CCN(S(=O)(=O)c2ccccc2F)CC1. The van der Waals surface area contributed by atoms with Crippen molar-refractivity contribution < 1.29 is 27.1 Å². The van der Waals surface area contributed by atoms with Gasteiger partial charge in [-0.05, 0) is 49.6 Å². The number of hydrogen-bond donors (Lipinski definition) is 0. The van der Waals surface area contributed by atoms with Crippen molar-refractivity contribution in [1.82, 2.24) is 9.21 Å². The summed E-state index contributed by atoms with van der Waals surface area (Å²) >= 11 is 0. The molecule has 0 aromatic heterocycles. The van der Waals surface area contributed by atoms with Gasteiger partial charge in [-0.2, -0.15) is 4.31 Å². The van der Waals surface area contributed by atoms with E-state index in [9.17, 15) is 17.6 Å². The molecule has 0 N–H and O–H groups in total. The summed E-state index contributed by atoms with van der Waals surface area (Å²) in [5, 5.41) is 0. The van der Waals surface area contributed by atoms with Gasteiger partial charge in [0.15, 0.2) is 11.5 Å². The molecule has 172 valence electrons. The van der Waals surface area contributed by atoms with Crippen molar-refractivity contribution in [2.45, 2.75) is 31.2 Å². The number of ether oxygens (including phenoxy) is 2. The normalized spacial score (nSPS) is 17.2. The molecule has 1 saturated heterocycles. The van der Waals surface area contributed by atoms with E-state index in [1.807, 2.05) is 25.1 Å². The van der Waals surface area contributed by atoms with E-state index in [1.54, 1.807) is 4.90 Å². The van der Waals surface area contributed by atoms with Crippen LogP contribution in [0, 0.1) is 11.7 Å². The number of piperidine rings is 1. The molecule has 1 amide bonds. The molecule has 4 rings (SSSR count). The van der Waals surface area contributed by atoms with Crippen molar-refractivity contribution in [3.05, 3.63) is 53.8 Å². The molecule has 2 heterocycles. The molecule has 1 fully saturated rings. The van der Waals surface area contributed by atoms with E-state index in [0.717, 1.165) is 11.6 Å². The predicted octanol–water partition coefficient (Wildman–Crippen LogP) is 3.05. The fraction of sp³-hybridized carbons (Fsp3) is 0.435. The number of carbonyl (C=O) groups is 1. The highest BCUT2D eigenvalue weighted by molar-refractivity contribution is 7.89. The highest BCUT2D eigenvalue weighted by atomic mass is 32.2. The molecule has 9 heteroatoms. The van der Waals surface area contributed by atoms with E-state index in [2.05, 4.69) is 0 Å². The first-order valence-corrected chi connectivity index (χ1v) is 12.3. The van der Waals surface area contributed by atoms with Crippen LogP contribution in [0.15, 0.2) is 47.4 Å². The third-order valence-corrected chi connectivity index (χ3v) is 7.86. The Kier molecular flexibility index (Phi) is 6.66. The van der Waals surface area contributed by atoms with E-state index < -0.39 is 15.8 Å². The molecule has 0 bridgehead atoms. The molecule has 0 saturated carbocycles. The van der Waals surface area contributed by atoms with Crippen molar-refractivity contribution in [1.29, 1.82) is 0 Å². The Hall–Kier alpha value is -2.65. The quantitative estimate of drug-likeness (QED) is 0.660. The van der Waals surface area contributed by atoms with E-state index in [0.29, 0.717) is 50.6 Å². The highest BCUT2D eigenvalue weighted by Gasteiger charge is 2.34. The maximum absolute atomic E-state index is 14.0. The number of fused-ring (bicyclic) bond motifs is 1. The molecular formula is C23H27FN2O5S. The molecule has 0 atom stereocenters. The van der Waals surface area contributed by atoms with Gasteiger partial charge in [-0.3, -0.25) is 4.79 Å². The zero-order valence-corrected chi connectivity index (χ0v) is 18.8. The van der Waals surface area contributed by atoms with Crippen molar-refractivity contribution in [3.63, 3.8) is 0 Å². The standard InChI is InChI=1S/C23H27FN2O5S/c1-2-25(16-17-7-8-20-21(15-17)31-14-13-30-20)23(27)18-9-11-26(12-10-18)32(28,29)22-6-4-3-5-19(22)24/h3-8,15,18H,2,9-14,16H2,1H3. The monoisotopic (exact) mass is 462 g/mol. The zero-order valence-electron chi connectivity index (χ0n) is 18.0. The van der Waals surface area contributed by atoms with Gasteiger partial charge in [0.05, 0.1) is 0 Å². The van der Waals surface area contributed by atoms with Gasteiger partial charge in [-0.15, -0.1) is 0 Å². The first-order valence-electron chi connectivity index (χ1n) is 10.8. The smallest absolute Gasteiger partial charge is 0.245 e. The van der Waals surface area contributed by atoms with Gasteiger partial charge in [0, 0.05) is 32.1 Å².